The van der Waals surface area contributed by atoms with Crippen LogP contribution in [0.1, 0.15) is 50.8 Å². The lowest BCUT2D eigenvalue weighted by molar-refractivity contribution is -0.00488. The molecule has 1 aliphatic heterocycles. The zero-order valence-corrected chi connectivity index (χ0v) is 14.8. The second-order valence-corrected chi connectivity index (χ2v) is 7.68. The number of urea groups is 1. The summed E-state index contributed by atoms with van der Waals surface area (Å²) in [6.45, 7) is 7.81. The van der Waals surface area contributed by atoms with E-state index >= 15 is 0 Å². The second-order valence-electron chi connectivity index (χ2n) is 7.68. The Bertz CT molecular complexity index is 600. The lowest BCUT2D eigenvalue weighted by Crippen LogP contribution is -2.53. The number of nitrogens with one attached hydrogen (secondary N) is 1. The first-order chi connectivity index (χ1) is 11.4. The molecule has 3 atom stereocenters. The Morgan fingerprint density at radius 1 is 1.46 bits per heavy atom. The summed E-state index contributed by atoms with van der Waals surface area (Å²) in [5.41, 5.74) is 2.60. The summed E-state index contributed by atoms with van der Waals surface area (Å²) < 4.78 is 5.49. The topological polar surface area (TPSA) is 61.8 Å². The Kier molecular flexibility index (Phi) is 4.83. The lowest BCUT2D eigenvalue weighted by atomic mass is 9.86. The van der Waals surface area contributed by atoms with Crippen LogP contribution in [0.4, 0.5) is 4.79 Å². The van der Waals surface area contributed by atoms with E-state index in [1.54, 1.807) is 6.92 Å². The molecule has 0 unspecified atom stereocenters. The van der Waals surface area contributed by atoms with E-state index < -0.39 is 6.10 Å². The van der Waals surface area contributed by atoms with Crippen LogP contribution in [0.5, 0.6) is 0 Å². The number of nitrogens with zero attached hydrogens (tertiary/aromatic N) is 1. The highest BCUT2D eigenvalue weighted by atomic mass is 16.5. The number of hydrogen-bond donors (Lipinski definition) is 2. The van der Waals surface area contributed by atoms with Gasteiger partial charge in [-0.1, -0.05) is 38.1 Å². The molecule has 1 aliphatic carbocycles. The van der Waals surface area contributed by atoms with Gasteiger partial charge < -0.3 is 20.1 Å². The molecule has 3 rings (SSSR count). The Morgan fingerprint density at radius 2 is 2.21 bits per heavy atom. The average molecular weight is 332 g/mol. The molecule has 5 heteroatoms. The summed E-state index contributed by atoms with van der Waals surface area (Å²) in [4.78, 5) is 14.7. The van der Waals surface area contributed by atoms with Gasteiger partial charge in [0.2, 0.25) is 0 Å². The number of aliphatic hydroxyl groups is 1. The zero-order chi connectivity index (χ0) is 17.3. The fraction of sp³-hybridized carbons (Fsp3) is 0.632. The van der Waals surface area contributed by atoms with E-state index in [0.717, 1.165) is 6.42 Å². The summed E-state index contributed by atoms with van der Waals surface area (Å²) >= 11 is 0. The number of amides is 2. The van der Waals surface area contributed by atoms with Crippen molar-refractivity contribution >= 4 is 6.03 Å². The Labute approximate surface area is 144 Å². The summed E-state index contributed by atoms with van der Waals surface area (Å²) in [7, 11) is 0. The molecular formula is C19H28N2O3. The largest absolute Gasteiger partial charge is 0.393 e. The van der Waals surface area contributed by atoms with Gasteiger partial charge in [0.15, 0.2) is 0 Å². The molecule has 5 nitrogen and oxygen atoms in total. The third-order valence-electron chi connectivity index (χ3n) is 5.18. The molecule has 132 valence electrons. The van der Waals surface area contributed by atoms with E-state index in [1.165, 1.54) is 11.1 Å². The number of carbonyl (C=O) groups excluding carboxylic acids is 1. The van der Waals surface area contributed by atoms with Gasteiger partial charge in [0.25, 0.3) is 0 Å². The summed E-state index contributed by atoms with van der Waals surface area (Å²) in [5, 5.41) is 12.9. The first-order valence-electron chi connectivity index (χ1n) is 8.81. The van der Waals surface area contributed by atoms with E-state index in [4.69, 9.17) is 4.74 Å². The minimum Gasteiger partial charge on any atom is -0.393 e. The van der Waals surface area contributed by atoms with Crippen LogP contribution in [-0.2, 0) is 10.2 Å². The van der Waals surface area contributed by atoms with Crippen LogP contribution in [0.15, 0.2) is 24.3 Å². The molecule has 0 saturated carbocycles. The van der Waals surface area contributed by atoms with E-state index in [9.17, 15) is 9.90 Å². The molecule has 0 aromatic heterocycles. The van der Waals surface area contributed by atoms with Gasteiger partial charge in [-0.15, -0.1) is 0 Å². The maximum atomic E-state index is 12.8. The van der Waals surface area contributed by atoms with E-state index in [0.29, 0.717) is 26.2 Å². The van der Waals surface area contributed by atoms with Crippen LogP contribution >= 0.6 is 0 Å². The third kappa shape index (κ3) is 3.42. The zero-order valence-electron chi connectivity index (χ0n) is 14.8. The summed E-state index contributed by atoms with van der Waals surface area (Å²) in [6.07, 6.45) is 1.00. The molecule has 1 fully saturated rings. The van der Waals surface area contributed by atoms with Crippen molar-refractivity contribution in [2.45, 2.75) is 57.2 Å². The van der Waals surface area contributed by atoms with Crippen LogP contribution in [0.2, 0.25) is 0 Å². The molecule has 2 amide bonds. The molecule has 0 radical (unpaired) electrons. The van der Waals surface area contributed by atoms with Crippen molar-refractivity contribution in [1.82, 2.24) is 10.2 Å². The minimum absolute atomic E-state index is 0.0405. The number of morpholine rings is 1. The van der Waals surface area contributed by atoms with Crippen molar-refractivity contribution in [3.8, 4) is 0 Å². The van der Waals surface area contributed by atoms with Crippen molar-refractivity contribution in [2.24, 2.45) is 0 Å². The number of benzene rings is 1. The third-order valence-corrected chi connectivity index (χ3v) is 5.18. The Hall–Kier alpha value is -1.59. The quantitative estimate of drug-likeness (QED) is 0.894. The van der Waals surface area contributed by atoms with Gasteiger partial charge in [-0.05, 0) is 36.3 Å². The molecule has 2 aliphatic rings. The van der Waals surface area contributed by atoms with Crippen molar-refractivity contribution in [3.05, 3.63) is 35.4 Å². The minimum atomic E-state index is -0.446. The summed E-state index contributed by atoms with van der Waals surface area (Å²) in [5.74, 6) is 0. The fourth-order valence-electron chi connectivity index (χ4n) is 4.02. The maximum Gasteiger partial charge on any atom is 0.318 e. The van der Waals surface area contributed by atoms with Gasteiger partial charge >= 0.3 is 6.03 Å². The second kappa shape index (κ2) is 6.73. The van der Waals surface area contributed by atoms with Crippen LogP contribution in [0, 0.1) is 0 Å². The van der Waals surface area contributed by atoms with E-state index in [-0.39, 0.29) is 23.5 Å². The lowest BCUT2D eigenvalue weighted by Gasteiger charge is -2.37. The predicted octanol–water partition coefficient (Wildman–Crippen LogP) is 2.59. The molecule has 24 heavy (non-hydrogen) atoms. The van der Waals surface area contributed by atoms with E-state index in [1.807, 2.05) is 11.0 Å². The highest BCUT2D eigenvalue weighted by molar-refractivity contribution is 5.75. The number of aliphatic hydroxyl groups excluding tert-OH is 1. The number of carbonyl (C=O) groups is 1. The average Bonchev–Trinajstić information content (AvgIpc) is 2.78. The van der Waals surface area contributed by atoms with Gasteiger partial charge in [0, 0.05) is 6.54 Å². The first-order valence-corrected chi connectivity index (χ1v) is 8.81. The highest BCUT2D eigenvalue weighted by Crippen LogP contribution is 2.44. The molecule has 1 aromatic carbocycles. The first kappa shape index (κ1) is 17.2. The van der Waals surface area contributed by atoms with Gasteiger partial charge in [-0.3, -0.25) is 0 Å². The Morgan fingerprint density at radius 3 is 2.96 bits per heavy atom. The molecule has 1 aromatic rings. The van der Waals surface area contributed by atoms with E-state index in [2.05, 4.69) is 37.4 Å². The van der Waals surface area contributed by atoms with Crippen LogP contribution in [0.25, 0.3) is 0 Å². The number of ether oxygens (including phenoxy) is 1. The number of rotatable bonds is 3. The molecular weight excluding hydrogens is 304 g/mol. The smallest absolute Gasteiger partial charge is 0.318 e. The molecule has 2 N–H and O–H groups in total. The predicted molar refractivity (Wildman–Crippen MR) is 93.0 cm³/mol. The van der Waals surface area contributed by atoms with Crippen molar-refractivity contribution in [3.63, 3.8) is 0 Å². The van der Waals surface area contributed by atoms with Gasteiger partial charge in [-0.25, -0.2) is 4.79 Å². The molecule has 0 bridgehead atoms. The van der Waals surface area contributed by atoms with Gasteiger partial charge in [-0.2, -0.15) is 0 Å². The van der Waals surface area contributed by atoms with Crippen LogP contribution in [-0.4, -0.2) is 47.9 Å². The molecule has 0 spiro atoms. The van der Waals surface area contributed by atoms with Crippen molar-refractivity contribution in [1.29, 1.82) is 0 Å². The maximum absolute atomic E-state index is 12.8. The van der Waals surface area contributed by atoms with Gasteiger partial charge in [0.1, 0.15) is 0 Å². The molecule has 1 heterocycles. The number of fused-ring (bicyclic) bond motifs is 1. The van der Waals surface area contributed by atoms with Crippen LogP contribution < -0.4 is 5.32 Å². The normalized spacial score (nSPS) is 26.8. The van der Waals surface area contributed by atoms with Crippen molar-refractivity contribution in [2.75, 3.05) is 19.8 Å². The highest BCUT2D eigenvalue weighted by Gasteiger charge is 2.38. The fourth-order valence-corrected chi connectivity index (χ4v) is 4.02. The monoisotopic (exact) mass is 332 g/mol. The van der Waals surface area contributed by atoms with Crippen LogP contribution in [0.3, 0.4) is 0 Å². The molecule has 1 saturated heterocycles. The van der Waals surface area contributed by atoms with Gasteiger partial charge in [0.05, 0.1) is 31.4 Å². The number of hydrogen-bond acceptors (Lipinski definition) is 3. The SMILES string of the molecule is C[C@H](O)C[C@H]1COCCN1C(=O)N[C@@H]1CC(C)(C)c2ccccc21. The standard InChI is InChI=1S/C19H28N2O3/c1-13(22)10-14-12-24-9-8-21(14)18(23)20-17-11-19(2,3)16-7-5-4-6-15(16)17/h4-7,13-14,17,22H,8-12H2,1-3H3,(H,20,23)/t13-,14-,17+/m0/s1. The summed E-state index contributed by atoms with van der Waals surface area (Å²) in [6, 6.07) is 8.28. The van der Waals surface area contributed by atoms with Crippen molar-refractivity contribution < 1.29 is 14.6 Å². The Balaban J connectivity index is 1.73.